The van der Waals surface area contributed by atoms with Crippen LogP contribution in [0.1, 0.15) is 53.9 Å². The van der Waals surface area contributed by atoms with Crippen molar-refractivity contribution in [3.8, 4) is 0 Å². The minimum atomic E-state index is -5.20. The Morgan fingerprint density at radius 1 is 1.02 bits per heavy atom. The fourth-order valence-electron chi connectivity index (χ4n) is 6.36. The maximum Gasteiger partial charge on any atom is 0.471 e. The molecule has 0 aromatic rings. The molecule has 4 fully saturated rings. The van der Waals surface area contributed by atoms with Gasteiger partial charge in [-0.2, -0.15) is 13.2 Å². The molecule has 5 amide bonds. The van der Waals surface area contributed by atoms with Crippen LogP contribution in [0.5, 0.6) is 0 Å². The van der Waals surface area contributed by atoms with E-state index in [4.69, 9.17) is 0 Å². The number of halogens is 3. The number of nitrogens with one attached hydrogen (secondary N) is 2. The van der Waals surface area contributed by atoms with Crippen LogP contribution in [0.3, 0.4) is 0 Å². The van der Waals surface area contributed by atoms with Crippen LogP contribution < -0.4 is 10.6 Å². The molecule has 3 heterocycles. The van der Waals surface area contributed by atoms with E-state index in [1.54, 1.807) is 0 Å². The van der Waals surface area contributed by atoms with Gasteiger partial charge in [0, 0.05) is 39.1 Å². The fourth-order valence-corrected chi connectivity index (χ4v) is 6.36. The van der Waals surface area contributed by atoms with E-state index in [1.165, 1.54) is 35.5 Å². The van der Waals surface area contributed by atoms with Crippen molar-refractivity contribution in [1.82, 2.24) is 25.3 Å². The molecule has 14 heteroatoms. The first-order valence-corrected chi connectivity index (χ1v) is 14.1. The van der Waals surface area contributed by atoms with Crippen molar-refractivity contribution in [1.29, 1.82) is 0 Å². The Bertz CT molecular complexity index is 1100. The highest BCUT2D eigenvalue weighted by atomic mass is 19.4. The number of carbonyl (C=O) groups is 5. The van der Waals surface area contributed by atoms with E-state index in [0.29, 0.717) is 32.5 Å². The van der Waals surface area contributed by atoms with Gasteiger partial charge in [-0.05, 0) is 35.5 Å². The molecule has 0 bridgehead atoms. The van der Waals surface area contributed by atoms with Crippen LogP contribution >= 0.6 is 0 Å². The van der Waals surface area contributed by atoms with Crippen molar-refractivity contribution in [3.63, 3.8) is 0 Å². The molecule has 3 aliphatic heterocycles. The zero-order valence-electron chi connectivity index (χ0n) is 24.1. The molecule has 11 nitrogen and oxygen atoms in total. The van der Waals surface area contributed by atoms with E-state index >= 15 is 0 Å². The van der Waals surface area contributed by atoms with Crippen molar-refractivity contribution in [2.75, 3.05) is 32.7 Å². The first-order valence-electron chi connectivity index (χ1n) is 14.1. The Balaban J connectivity index is 1.58. The third-order valence-corrected chi connectivity index (χ3v) is 9.12. The van der Waals surface area contributed by atoms with Crippen molar-refractivity contribution in [3.05, 3.63) is 0 Å². The Labute approximate surface area is 237 Å². The SMILES string of the molecule is CC(C)(C)[C@H](NC(=O)C(F)(F)F)C(=O)N1C[C@H]2[C@@H]([C@H]1C(=O)N[C@@H](CN1CCCC1=O)[C@@H](O)C(=O)N1CCC1)C2(C)C. The van der Waals surface area contributed by atoms with Gasteiger partial charge in [-0.15, -0.1) is 0 Å². The van der Waals surface area contributed by atoms with E-state index < -0.39 is 59.4 Å². The zero-order chi connectivity index (χ0) is 30.7. The molecule has 0 radical (unpaired) electrons. The molecule has 0 aromatic heterocycles. The summed E-state index contributed by atoms with van der Waals surface area (Å²) in [6, 6.07) is -3.82. The topological polar surface area (TPSA) is 139 Å². The average molecular weight is 588 g/mol. The second-order valence-corrected chi connectivity index (χ2v) is 13.3. The third kappa shape index (κ3) is 6.02. The molecule has 0 unspecified atom stereocenters. The summed E-state index contributed by atoms with van der Waals surface area (Å²) in [5, 5.41) is 15.5. The predicted molar refractivity (Wildman–Crippen MR) is 139 cm³/mol. The molecule has 0 spiro atoms. The molecule has 6 atom stereocenters. The quantitative estimate of drug-likeness (QED) is 0.373. The number of amides is 5. The number of alkyl halides is 3. The predicted octanol–water partition coefficient (Wildman–Crippen LogP) is 0.263. The van der Waals surface area contributed by atoms with E-state index in [9.17, 15) is 42.3 Å². The molecule has 41 heavy (non-hydrogen) atoms. The second-order valence-electron chi connectivity index (χ2n) is 13.3. The number of hydrogen-bond acceptors (Lipinski definition) is 6. The highest BCUT2D eigenvalue weighted by Gasteiger charge is 2.70. The van der Waals surface area contributed by atoms with Crippen molar-refractivity contribution < 1.29 is 42.3 Å². The van der Waals surface area contributed by atoms with E-state index in [1.807, 2.05) is 19.2 Å². The monoisotopic (exact) mass is 587 g/mol. The smallest absolute Gasteiger partial charge is 0.381 e. The van der Waals surface area contributed by atoms with Gasteiger partial charge < -0.3 is 30.4 Å². The maximum absolute atomic E-state index is 13.9. The van der Waals surface area contributed by atoms with Crippen molar-refractivity contribution in [2.45, 2.75) is 84.3 Å². The molecular weight excluding hydrogens is 547 g/mol. The number of carbonyl (C=O) groups excluding carboxylic acids is 5. The zero-order valence-corrected chi connectivity index (χ0v) is 24.1. The number of piperidine rings is 1. The van der Waals surface area contributed by atoms with Gasteiger partial charge in [0.25, 0.3) is 5.91 Å². The molecule has 3 saturated heterocycles. The van der Waals surface area contributed by atoms with Gasteiger partial charge in [0.1, 0.15) is 12.1 Å². The van der Waals surface area contributed by atoms with E-state index in [2.05, 4.69) is 5.32 Å². The lowest BCUT2D eigenvalue weighted by Crippen LogP contribution is -2.63. The highest BCUT2D eigenvalue weighted by Crippen LogP contribution is 2.65. The Kier molecular flexibility index (Phi) is 8.13. The fraction of sp³-hybridized carbons (Fsp3) is 0.815. The molecule has 1 saturated carbocycles. The summed E-state index contributed by atoms with van der Waals surface area (Å²) >= 11 is 0. The second kappa shape index (κ2) is 10.7. The number of rotatable bonds is 8. The summed E-state index contributed by atoms with van der Waals surface area (Å²) in [7, 11) is 0. The summed E-state index contributed by atoms with van der Waals surface area (Å²) in [5.74, 6) is -4.89. The van der Waals surface area contributed by atoms with E-state index in [0.717, 1.165) is 6.42 Å². The maximum atomic E-state index is 13.9. The summed E-state index contributed by atoms with van der Waals surface area (Å²) in [6.45, 7) is 9.77. The lowest BCUT2D eigenvalue weighted by molar-refractivity contribution is -0.176. The van der Waals surface area contributed by atoms with Gasteiger partial charge in [0.2, 0.25) is 17.7 Å². The first kappa shape index (κ1) is 31.0. The number of fused-ring (bicyclic) bond motifs is 1. The van der Waals surface area contributed by atoms with Crippen LogP contribution in [0.4, 0.5) is 13.2 Å². The number of nitrogens with zero attached hydrogens (tertiary/aromatic N) is 3. The van der Waals surface area contributed by atoms with Gasteiger partial charge in [0.15, 0.2) is 6.10 Å². The average Bonchev–Trinajstić information content (AvgIpc) is 3.16. The Morgan fingerprint density at radius 2 is 1.66 bits per heavy atom. The largest absolute Gasteiger partial charge is 0.471 e. The lowest BCUT2D eigenvalue weighted by Gasteiger charge is -2.39. The molecule has 230 valence electrons. The van der Waals surface area contributed by atoms with Crippen LogP contribution in [0.25, 0.3) is 0 Å². The van der Waals surface area contributed by atoms with Gasteiger partial charge in [-0.1, -0.05) is 34.6 Å². The minimum absolute atomic E-state index is 0.101. The summed E-state index contributed by atoms with van der Waals surface area (Å²) < 4.78 is 39.3. The van der Waals surface area contributed by atoms with Crippen LogP contribution in [0.2, 0.25) is 0 Å². The normalized spacial score (nSPS) is 27.5. The molecule has 3 N–H and O–H groups in total. The molecule has 4 aliphatic rings. The molecule has 1 aliphatic carbocycles. The van der Waals surface area contributed by atoms with Crippen molar-refractivity contribution in [2.24, 2.45) is 22.7 Å². The van der Waals surface area contributed by atoms with Gasteiger partial charge in [-0.3, -0.25) is 24.0 Å². The van der Waals surface area contributed by atoms with Gasteiger partial charge in [0.05, 0.1) is 6.04 Å². The first-order chi connectivity index (χ1) is 18.9. The lowest BCUT2D eigenvalue weighted by atomic mass is 9.85. The Morgan fingerprint density at radius 3 is 2.15 bits per heavy atom. The van der Waals surface area contributed by atoms with E-state index in [-0.39, 0.29) is 36.2 Å². The third-order valence-electron chi connectivity index (χ3n) is 9.12. The van der Waals surface area contributed by atoms with Crippen LogP contribution in [0.15, 0.2) is 0 Å². The Hall–Kier alpha value is -2.90. The standard InChI is InChI=1S/C27H40F3N5O6/c1-25(2,3)20(32-24(41)27(28,29)30)23(40)35-12-14-17(26(14,4)5)18(35)21(38)31-15(13-34-9-6-8-16(34)36)19(37)22(39)33-10-7-11-33/h14-15,17-20,37H,6-13H2,1-5H3,(H,31,38)(H,32,41)/t14-,15-,17-,18-,19+,20+/m0/s1. The number of aliphatic hydroxyl groups is 1. The molecule has 0 aromatic carbocycles. The number of likely N-dealkylation sites (tertiary alicyclic amines) is 3. The summed E-state index contributed by atoms with van der Waals surface area (Å²) in [4.78, 5) is 68.8. The minimum Gasteiger partial charge on any atom is -0.381 e. The number of aliphatic hydroxyl groups excluding tert-OH is 1. The number of hydrogen-bond donors (Lipinski definition) is 3. The highest BCUT2D eigenvalue weighted by molar-refractivity contribution is 5.95. The summed E-state index contributed by atoms with van der Waals surface area (Å²) in [6.07, 6.45) is -5.12. The molecule has 4 rings (SSSR count). The van der Waals surface area contributed by atoms with Crippen LogP contribution in [-0.2, 0) is 24.0 Å². The van der Waals surface area contributed by atoms with Crippen LogP contribution in [-0.4, -0.2) is 112 Å². The van der Waals surface area contributed by atoms with Crippen LogP contribution in [0, 0.1) is 22.7 Å². The van der Waals surface area contributed by atoms with Gasteiger partial charge >= 0.3 is 12.1 Å². The summed E-state index contributed by atoms with van der Waals surface area (Å²) in [5.41, 5.74) is -1.45. The molecular formula is C27H40F3N5O6. The van der Waals surface area contributed by atoms with Crippen molar-refractivity contribution >= 4 is 29.5 Å². The van der Waals surface area contributed by atoms with Gasteiger partial charge in [-0.25, -0.2) is 0 Å².